The molecule has 2 amide bonds. The lowest BCUT2D eigenvalue weighted by molar-refractivity contribution is -0.119. The van der Waals surface area contributed by atoms with Crippen molar-refractivity contribution in [3.8, 4) is 17.0 Å². The second kappa shape index (κ2) is 9.57. The van der Waals surface area contributed by atoms with Crippen molar-refractivity contribution in [3.05, 3.63) is 36.8 Å². The molecule has 0 radical (unpaired) electrons. The molecule has 0 spiro atoms. The molecule has 12 heteroatoms. The van der Waals surface area contributed by atoms with Crippen LogP contribution in [0.2, 0.25) is 0 Å². The number of ether oxygens (including phenoxy) is 2. The fraction of sp³-hybridized carbons (Fsp3) is 0.435. The predicted molar refractivity (Wildman–Crippen MR) is 129 cm³/mol. The van der Waals surface area contributed by atoms with Crippen LogP contribution < -0.4 is 15.0 Å². The third kappa shape index (κ3) is 4.81. The molecule has 0 aromatic carbocycles. The first-order valence-corrected chi connectivity index (χ1v) is 11.6. The van der Waals surface area contributed by atoms with Crippen molar-refractivity contribution in [2.75, 3.05) is 37.6 Å². The molecule has 2 saturated heterocycles. The van der Waals surface area contributed by atoms with Crippen LogP contribution in [0.1, 0.15) is 19.3 Å². The highest BCUT2D eigenvalue weighted by atomic mass is 35.5. The molecule has 35 heavy (non-hydrogen) atoms. The van der Waals surface area contributed by atoms with Crippen LogP contribution in [0.4, 0.5) is 10.6 Å². The zero-order chi connectivity index (χ0) is 23.1. The van der Waals surface area contributed by atoms with Crippen LogP contribution in [0.5, 0.6) is 5.88 Å². The van der Waals surface area contributed by atoms with E-state index in [-0.39, 0.29) is 43.0 Å². The van der Waals surface area contributed by atoms with Gasteiger partial charge < -0.3 is 24.6 Å². The molecule has 3 fully saturated rings. The van der Waals surface area contributed by atoms with Crippen LogP contribution in [0.25, 0.3) is 16.8 Å². The Labute approximate surface area is 207 Å². The number of nitrogens with zero attached hydrogens (tertiary/aromatic N) is 6. The minimum absolute atomic E-state index is 0. The van der Waals surface area contributed by atoms with E-state index in [9.17, 15) is 9.59 Å². The average Bonchev–Trinajstić information content (AvgIpc) is 3.43. The number of rotatable bonds is 5. The van der Waals surface area contributed by atoms with Crippen molar-refractivity contribution >= 4 is 35.9 Å². The molecule has 0 unspecified atom stereocenters. The predicted octanol–water partition coefficient (Wildman–Crippen LogP) is 1.90. The maximum absolute atomic E-state index is 12.5. The van der Waals surface area contributed by atoms with Crippen molar-refractivity contribution in [1.82, 2.24) is 29.8 Å². The van der Waals surface area contributed by atoms with Crippen LogP contribution in [0.15, 0.2) is 36.8 Å². The van der Waals surface area contributed by atoms with Gasteiger partial charge in [0.2, 0.25) is 11.8 Å². The van der Waals surface area contributed by atoms with E-state index in [1.54, 1.807) is 21.8 Å². The fourth-order valence-corrected chi connectivity index (χ4v) is 4.26. The second-order valence-corrected chi connectivity index (χ2v) is 8.77. The van der Waals surface area contributed by atoms with Crippen molar-refractivity contribution in [2.24, 2.45) is 0 Å². The van der Waals surface area contributed by atoms with E-state index in [2.05, 4.69) is 20.3 Å². The van der Waals surface area contributed by atoms with E-state index in [4.69, 9.17) is 14.5 Å². The molecule has 1 aliphatic carbocycles. The fourth-order valence-electron chi connectivity index (χ4n) is 4.26. The molecule has 0 bridgehead atoms. The van der Waals surface area contributed by atoms with Gasteiger partial charge in [-0.15, -0.1) is 12.4 Å². The highest BCUT2D eigenvalue weighted by Crippen LogP contribution is 2.35. The van der Waals surface area contributed by atoms with Gasteiger partial charge in [-0.1, -0.05) is 0 Å². The summed E-state index contributed by atoms with van der Waals surface area (Å²) in [5, 5.41) is 7.14. The molecule has 3 aromatic heterocycles. The third-order valence-electron chi connectivity index (χ3n) is 6.29. The van der Waals surface area contributed by atoms with Gasteiger partial charge in [-0.25, -0.2) is 19.3 Å². The zero-order valence-electron chi connectivity index (χ0n) is 19.0. The minimum Gasteiger partial charge on any atom is -0.474 e. The highest BCUT2D eigenvalue weighted by molar-refractivity contribution is 5.85. The maximum atomic E-state index is 12.5. The highest BCUT2D eigenvalue weighted by Gasteiger charge is 2.30. The van der Waals surface area contributed by atoms with Crippen LogP contribution in [-0.2, 0) is 9.53 Å². The Morgan fingerprint density at radius 1 is 1.09 bits per heavy atom. The topological polar surface area (TPSA) is 114 Å². The number of pyridine rings is 1. The Morgan fingerprint density at radius 3 is 2.66 bits per heavy atom. The number of hydrogen-bond acceptors (Lipinski definition) is 8. The number of amides is 2. The number of carbonyl (C=O) groups is 2. The van der Waals surface area contributed by atoms with Gasteiger partial charge in [0, 0.05) is 44.1 Å². The first-order chi connectivity index (χ1) is 16.6. The number of halogens is 1. The molecule has 3 aromatic rings. The molecule has 6 rings (SSSR count). The summed E-state index contributed by atoms with van der Waals surface area (Å²) in [5.41, 5.74) is 2.47. The van der Waals surface area contributed by atoms with Crippen LogP contribution >= 0.6 is 12.4 Å². The molecule has 1 atom stereocenters. The summed E-state index contributed by atoms with van der Waals surface area (Å²) in [5.74, 6) is 1.35. The Kier molecular flexibility index (Phi) is 6.33. The summed E-state index contributed by atoms with van der Waals surface area (Å²) in [6.07, 6.45) is 7.25. The molecule has 1 N–H and O–H groups in total. The number of hydrogen-bond donors (Lipinski definition) is 1. The largest absolute Gasteiger partial charge is 0.474 e. The third-order valence-corrected chi connectivity index (χ3v) is 6.29. The van der Waals surface area contributed by atoms with Gasteiger partial charge in [-0.05, 0) is 31.0 Å². The SMILES string of the molecule is Cl.O=C1C[C@H](OC(=O)N2CCN(c3ccn4ncc(-c5cccnc5OC5CC5)c4n3)CC2)CN1. The van der Waals surface area contributed by atoms with E-state index in [0.29, 0.717) is 38.6 Å². The Hall–Kier alpha value is -3.60. The molecule has 5 heterocycles. The number of piperazine rings is 1. The molecule has 2 aliphatic heterocycles. The number of carbonyl (C=O) groups excluding carboxylic acids is 2. The van der Waals surface area contributed by atoms with E-state index < -0.39 is 0 Å². The zero-order valence-corrected chi connectivity index (χ0v) is 19.8. The Morgan fingerprint density at radius 2 is 1.91 bits per heavy atom. The molecule has 184 valence electrons. The van der Waals surface area contributed by atoms with Gasteiger partial charge in [-0.3, -0.25) is 4.79 Å². The van der Waals surface area contributed by atoms with E-state index >= 15 is 0 Å². The number of aromatic nitrogens is 4. The summed E-state index contributed by atoms with van der Waals surface area (Å²) in [6, 6.07) is 5.80. The summed E-state index contributed by atoms with van der Waals surface area (Å²) < 4.78 is 13.2. The lowest BCUT2D eigenvalue weighted by Crippen LogP contribution is -2.49. The Balaban J connectivity index is 0.00000253. The van der Waals surface area contributed by atoms with Gasteiger partial charge in [0.05, 0.1) is 24.7 Å². The summed E-state index contributed by atoms with van der Waals surface area (Å²) in [7, 11) is 0. The molecular formula is C23H26ClN7O4. The summed E-state index contributed by atoms with van der Waals surface area (Å²) in [6.45, 7) is 2.69. The molecule has 11 nitrogen and oxygen atoms in total. The normalized spacial score (nSPS) is 19.9. The van der Waals surface area contributed by atoms with E-state index in [1.807, 2.05) is 24.4 Å². The molecule has 3 aliphatic rings. The number of anilines is 1. The maximum Gasteiger partial charge on any atom is 0.410 e. The second-order valence-electron chi connectivity index (χ2n) is 8.77. The smallest absolute Gasteiger partial charge is 0.410 e. The molecule has 1 saturated carbocycles. The van der Waals surface area contributed by atoms with Gasteiger partial charge in [0.1, 0.15) is 18.0 Å². The minimum atomic E-state index is -0.386. The number of nitrogens with one attached hydrogen (secondary N) is 1. The lowest BCUT2D eigenvalue weighted by Gasteiger charge is -2.35. The number of fused-ring (bicyclic) bond motifs is 1. The van der Waals surface area contributed by atoms with Gasteiger partial charge in [0.25, 0.3) is 0 Å². The van der Waals surface area contributed by atoms with E-state index in [0.717, 1.165) is 35.4 Å². The monoisotopic (exact) mass is 499 g/mol. The average molecular weight is 500 g/mol. The van der Waals surface area contributed by atoms with Crippen LogP contribution in [0, 0.1) is 0 Å². The van der Waals surface area contributed by atoms with Crippen LogP contribution in [-0.4, -0.2) is 81.4 Å². The lowest BCUT2D eigenvalue weighted by atomic mass is 10.1. The van der Waals surface area contributed by atoms with Crippen molar-refractivity contribution < 1.29 is 19.1 Å². The molecular weight excluding hydrogens is 474 g/mol. The summed E-state index contributed by atoms with van der Waals surface area (Å²) in [4.78, 5) is 36.9. The quantitative estimate of drug-likeness (QED) is 0.566. The Bertz CT molecular complexity index is 1240. The van der Waals surface area contributed by atoms with Crippen molar-refractivity contribution in [3.63, 3.8) is 0 Å². The summed E-state index contributed by atoms with van der Waals surface area (Å²) >= 11 is 0. The van der Waals surface area contributed by atoms with Gasteiger partial charge in [0.15, 0.2) is 5.65 Å². The first kappa shape index (κ1) is 23.2. The van der Waals surface area contributed by atoms with Crippen LogP contribution in [0.3, 0.4) is 0 Å². The van der Waals surface area contributed by atoms with Crippen molar-refractivity contribution in [2.45, 2.75) is 31.5 Å². The van der Waals surface area contributed by atoms with Crippen molar-refractivity contribution in [1.29, 1.82) is 0 Å². The van der Waals surface area contributed by atoms with Gasteiger partial charge >= 0.3 is 6.09 Å². The first-order valence-electron chi connectivity index (χ1n) is 11.6. The standard InChI is InChI=1S/C23H25N7O4.ClH/c31-20-12-16(13-25-20)34-23(32)29-10-8-28(9-11-29)19-5-7-30-21(27-19)18(14-26-30)17-2-1-6-24-22(17)33-15-3-4-15;/h1-2,5-7,14-16H,3-4,8-13H2,(H,25,31);1H/t16-;/m0./s1. The van der Waals surface area contributed by atoms with Gasteiger partial charge in [-0.2, -0.15) is 5.10 Å². The van der Waals surface area contributed by atoms with E-state index in [1.165, 1.54) is 0 Å².